The van der Waals surface area contributed by atoms with E-state index in [2.05, 4.69) is 5.32 Å². The van der Waals surface area contributed by atoms with Crippen LogP contribution in [0.4, 0.5) is 5.69 Å². The maximum absolute atomic E-state index is 12.8. The van der Waals surface area contributed by atoms with Crippen LogP contribution in [-0.4, -0.2) is 25.0 Å². The van der Waals surface area contributed by atoms with Gasteiger partial charge in [0.25, 0.3) is 0 Å². The van der Waals surface area contributed by atoms with Gasteiger partial charge in [-0.1, -0.05) is 24.6 Å². The Morgan fingerprint density at radius 2 is 2.11 bits per heavy atom. The van der Waals surface area contributed by atoms with E-state index in [1.807, 2.05) is 42.2 Å². The van der Waals surface area contributed by atoms with Crippen molar-refractivity contribution in [1.29, 1.82) is 0 Å². The number of para-hydroxylation sites is 1. The molecule has 0 bridgehead atoms. The standard InChI is InChI=1S/C16H22N2O/c1-2-18(13-8-4-3-5-9-13)16(19)15-14-10-6-7-12(14)11-17-15/h3-5,8-9,12,14-15,17H,2,6-7,10-11H2,1H3. The molecule has 1 amide bonds. The Morgan fingerprint density at radius 3 is 2.84 bits per heavy atom. The molecule has 1 aromatic carbocycles. The Balaban J connectivity index is 1.78. The summed E-state index contributed by atoms with van der Waals surface area (Å²) >= 11 is 0. The SMILES string of the molecule is CCN(C(=O)C1NCC2CCCC21)c1ccccc1. The number of rotatable bonds is 3. The minimum absolute atomic E-state index is 0.0349. The average Bonchev–Trinajstić information content (AvgIpc) is 3.03. The first kappa shape index (κ1) is 12.7. The molecule has 1 aliphatic carbocycles. The normalized spacial score (nSPS) is 29.2. The Bertz CT molecular complexity index is 445. The van der Waals surface area contributed by atoms with Crippen molar-refractivity contribution >= 4 is 11.6 Å². The lowest BCUT2D eigenvalue weighted by molar-refractivity contribution is -0.121. The molecule has 0 spiro atoms. The molecule has 1 aromatic rings. The molecule has 19 heavy (non-hydrogen) atoms. The third-order valence-electron chi connectivity index (χ3n) is 4.66. The summed E-state index contributed by atoms with van der Waals surface area (Å²) in [6, 6.07) is 10.0. The Kier molecular flexibility index (Phi) is 3.56. The van der Waals surface area contributed by atoms with Gasteiger partial charge in [0.1, 0.15) is 0 Å². The number of amides is 1. The molecule has 102 valence electrons. The first-order valence-electron chi connectivity index (χ1n) is 7.41. The minimum Gasteiger partial charge on any atom is -0.311 e. The molecule has 3 unspecified atom stereocenters. The summed E-state index contributed by atoms with van der Waals surface area (Å²) in [6.07, 6.45) is 3.79. The van der Waals surface area contributed by atoms with Crippen LogP contribution in [0, 0.1) is 11.8 Å². The van der Waals surface area contributed by atoms with E-state index >= 15 is 0 Å². The molecule has 1 heterocycles. The molecular formula is C16H22N2O. The van der Waals surface area contributed by atoms with Crippen LogP contribution in [0.5, 0.6) is 0 Å². The summed E-state index contributed by atoms with van der Waals surface area (Å²) in [5.41, 5.74) is 1.01. The van der Waals surface area contributed by atoms with E-state index in [1.165, 1.54) is 19.3 Å². The van der Waals surface area contributed by atoms with Crippen molar-refractivity contribution in [3.05, 3.63) is 30.3 Å². The first-order valence-corrected chi connectivity index (χ1v) is 7.41. The van der Waals surface area contributed by atoms with Crippen molar-refractivity contribution in [2.45, 2.75) is 32.2 Å². The van der Waals surface area contributed by atoms with Crippen molar-refractivity contribution < 1.29 is 4.79 Å². The fraction of sp³-hybridized carbons (Fsp3) is 0.562. The van der Waals surface area contributed by atoms with Crippen LogP contribution in [0.3, 0.4) is 0 Å². The fourth-order valence-corrected chi connectivity index (χ4v) is 3.70. The number of carbonyl (C=O) groups is 1. The summed E-state index contributed by atoms with van der Waals surface area (Å²) in [5, 5.41) is 3.45. The maximum atomic E-state index is 12.8. The van der Waals surface area contributed by atoms with E-state index in [0.717, 1.165) is 24.7 Å². The monoisotopic (exact) mass is 258 g/mol. The molecule has 2 fully saturated rings. The van der Waals surface area contributed by atoms with E-state index in [9.17, 15) is 4.79 Å². The Hall–Kier alpha value is -1.35. The van der Waals surface area contributed by atoms with Crippen LogP contribution in [0.2, 0.25) is 0 Å². The van der Waals surface area contributed by atoms with Crippen molar-refractivity contribution in [3.8, 4) is 0 Å². The zero-order chi connectivity index (χ0) is 13.2. The number of anilines is 1. The van der Waals surface area contributed by atoms with Gasteiger partial charge in [-0.25, -0.2) is 0 Å². The van der Waals surface area contributed by atoms with Crippen molar-refractivity contribution in [1.82, 2.24) is 5.32 Å². The third kappa shape index (κ3) is 2.27. The summed E-state index contributed by atoms with van der Waals surface area (Å²) < 4.78 is 0. The highest BCUT2D eigenvalue weighted by Gasteiger charge is 2.43. The number of nitrogens with zero attached hydrogens (tertiary/aromatic N) is 1. The molecule has 1 saturated heterocycles. The Labute approximate surface area is 115 Å². The molecule has 1 aliphatic heterocycles. The van der Waals surface area contributed by atoms with Crippen molar-refractivity contribution in [2.24, 2.45) is 11.8 Å². The number of carbonyl (C=O) groups excluding carboxylic acids is 1. The smallest absolute Gasteiger partial charge is 0.244 e. The molecule has 3 nitrogen and oxygen atoms in total. The van der Waals surface area contributed by atoms with Gasteiger partial charge in [-0.2, -0.15) is 0 Å². The van der Waals surface area contributed by atoms with Gasteiger partial charge in [-0.05, 0) is 50.3 Å². The summed E-state index contributed by atoms with van der Waals surface area (Å²) in [5.74, 6) is 1.54. The fourth-order valence-electron chi connectivity index (χ4n) is 3.70. The summed E-state index contributed by atoms with van der Waals surface area (Å²) in [7, 11) is 0. The second-order valence-electron chi connectivity index (χ2n) is 5.66. The molecule has 3 rings (SSSR count). The molecule has 0 aromatic heterocycles. The number of likely N-dealkylation sites (N-methyl/N-ethyl adjacent to an activating group) is 1. The topological polar surface area (TPSA) is 32.3 Å². The predicted molar refractivity (Wildman–Crippen MR) is 77.1 cm³/mol. The second kappa shape index (κ2) is 5.33. The third-order valence-corrected chi connectivity index (χ3v) is 4.66. The van der Waals surface area contributed by atoms with E-state index in [4.69, 9.17) is 0 Å². The van der Waals surface area contributed by atoms with Gasteiger partial charge in [0.2, 0.25) is 5.91 Å². The molecule has 1 N–H and O–H groups in total. The lowest BCUT2D eigenvalue weighted by atomic mass is 9.93. The van der Waals surface area contributed by atoms with Gasteiger partial charge in [-0.15, -0.1) is 0 Å². The van der Waals surface area contributed by atoms with E-state index in [0.29, 0.717) is 5.92 Å². The van der Waals surface area contributed by atoms with Gasteiger partial charge in [0.05, 0.1) is 6.04 Å². The molecule has 3 heteroatoms. The minimum atomic E-state index is 0.0349. The highest BCUT2D eigenvalue weighted by atomic mass is 16.2. The van der Waals surface area contributed by atoms with Gasteiger partial charge in [0, 0.05) is 12.2 Å². The van der Waals surface area contributed by atoms with Crippen LogP contribution < -0.4 is 10.2 Å². The van der Waals surface area contributed by atoms with Crippen LogP contribution in [-0.2, 0) is 4.79 Å². The number of hydrogen-bond donors (Lipinski definition) is 1. The summed E-state index contributed by atoms with van der Waals surface area (Å²) in [4.78, 5) is 14.7. The molecule has 2 aliphatic rings. The first-order chi connectivity index (χ1) is 9.31. The zero-order valence-electron chi connectivity index (χ0n) is 11.5. The molecule has 1 saturated carbocycles. The highest BCUT2D eigenvalue weighted by Crippen LogP contribution is 2.38. The van der Waals surface area contributed by atoms with Crippen LogP contribution in [0.1, 0.15) is 26.2 Å². The van der Waals surface area contributed by atoms with E-state index < -0.39 is 0 Å². The van der Waals surface area contributed by atoms with Crippen LogP contribution in [0.15, 0.2) is 30.3 Å². The van der Waals surface area contributed by atoms with Gasteiger partial charge < -0.3 is 10.2 Å². The lowest BCUT2D eigenvalue weighted by Gasteiger charge is -2.27. The maximum Gasteiger partial charge on any atom is 0.244 e. The highest BCUT2D eigenvalue weighted by molar-refractivity contribution is 5.97. The largest absolute Gasteiger partial charge is 0.311 e. The molecular weight excluding hydrogens is 236 g/mol. The van der Waals surface area contributed by atoms with Gasteiger partial charge in [0.15, 0.2) is 0 Å². The number of fused-ring (bicyclic) bond motifs is 1. The van der Waals surface area contributed by atoms with Crippen LogP contribution in [0.25, 0.3) is 0 Å². The molecule has 0 radical (unpaired) electrons. The second-order valence-corrected chi connectivity index (χ2v) is 5.66. The van der Waals surface area contributed by atoms with Gasteiger partial charge >= 0.3 is 0 Å². The quantitative estimate of drug-likeness (QED) is 0.903. The number of benzene rings is 1. The van der Waals surface area contributed by atoms with Gasteiger partial charge in [-0.3, -0.25) is 4.79 Å². The average molecular weight is 258 g/mol. The van der Waals surface area contributed by atoms with Crippen molar-refractivity contribution in [2.75, 3.05) is 18.0 Å². The number of hydrogen-bond acceptors (Lipinski definition) is 2. The summed E-state index contributed by atoms with van der Waals surface area (Å²) in [6.45, 7) is 3.80. The zero-order valence-corrected chi connectivity index (χ0v) is 11.5. The predicted octanol–water partition coefficient (Wildman–Crippen LogP) is 2.43. The van der Waals surface area contributed by atoms with Crippen LogP contribution >= 0.6 is 0 Å². The van der Waals surface area contributed by atoms with E-state index in [-0.39, 0.29) is 11.9 Å². The van der Waals surface area contributed by atoms with Crippen molar-refractivity contribution in [3.63, 3.8) is 0 Å². The van der Waals surface area contributed by atoms with E-state index in [1.54, 1.807) is 0 Å². The Morgan fingerprint density at radius 1 is 1.32 bits per heavy atom. The number of nitrogens with one attached hydrogen (secondary N) is 1. The molecule has 3 atom stereocenters. The lowest BCUT2D eigenvalue weighted by Crippen LogP contribution is -2.46.